The fraction of sp³-hybridized carbons (Fsp3) is 0.600. The van der Waals surface area contributed by atoms with Crippen LogP contribution in [0.1, 0.15) is 49.5 Å². The molecule has 0 amide bonds. The highest BCUT2D eigenvalue weighted by Crippen LogP contribution is 2.33. The highest BCUT2D eigenvalue weighted by atomic mass is 32.1. The van der Waals surface area contributed by atoms with E-state index < -0.39 is 0 Å². The van der Waals surface area contributed by atoms with E-state index in [0.717, 1.165) is 42.4 Å². The third-order valence-electron chi connectivity index (χ3n) is 6.09. The summed E-state index contributed by atoms with van der Waals surface area (Å²) in [4.78, 5) is 1.54. The predicted octanol–water partition coefficient (Wildman–Crippen LogP) is 2.29. The largest absolute Gasteiger partial charge is 0.486 e. The van der Waals surface area contributed by atoms with Crippen molar-refractivity contribution < 1.29 is 14.4 Å². The molecule has 3 aliphatic rings. The number of nitrogens with one attached hydrogen (secondary N) is 1. The molecular formula is C20H27N4O2S+. The Kier molecular flexibility index (Phi) is 4.65. The van der Waals surface area contributed by atoms with Crippen LogP contribution in [0.2, 0.25) is 0 Å². The Morgan fingerprint density at radius 1 is 1.11 bits per heavy atom. The summed E-state index contributed by atoms with van der Waals surface area (Å²) in [6, 6.07) is 6.89. The van der Waals surface area contributed by atoms with Gasteiger partial charge in [0.25, 0.3) is 0 Å². The van der Waals surface area contributed by atoms with E-state index in [-0.39, 0.29) is 0 Å². The molecule has 0 saturated carbocycles. The molecule has 4 heterocycles. The van der Waals surface area contributed by atoms with Crippen molar-refractivity contribution in [2.24, 2.45) is 0 Å². The minimum Gasteiger partial charge on any atom is -0.486 e. The number of fused-ring (bicyclic) bond motifs is 2. The molecule has 1 fully saturated rings. The first-order valence-corrected chi connectivity index (χ1v) is 10.6. The fourth-order valence-corrected chi connectivity index (χ4v) is 5.00. The molecule has 5 rings (SSSR count). The topological polar surface area (TPSA) is 45.6 Å². The molecule has 2 aromatic rings. The number of benzene rings is 1. The molecule has 1 aromatic carbocycles. The van der Waals surface area contributed by atoms with Crippen molar-refractivity contribution in [2.45, 2.75) is 57.8 Å². The summed E-state index contributed by atoms with van der Waals surface area (Å²) in [5.74, 6) is 2.92. The molecule has 27 heavy (non-hydrogen) atoms. The molecule has 0 radical (unpaired) electrons. The van der Waals surface area contributed by atoms with E-state index in [1.807, 2.05) is 0 Å². The normalized spacial score (nSPS) is 24.4. The Morgan fingerprint density at radius 3 is 2.93 bits per heavy atom. The lowest BCUT2D eigenvalue weighted by Gasteiger charge is -2.24. The first-order chi connectivity index (χ1) is 13.3. The second kappa shape index (κ2) is 7.28. The second-order valence-electron chi connectivity index (χ2n) is 7.82. The van der Waals surface area contributed by atoms with Crippen LogP contribution in [0, 0.1) is 4.77 Å². The molecule has 2 atom stereocenters. The van der Waals surface area contributed by atoms with Crippen LogP contribution in [0.3, 0.4) is 0 Å². The Hall–Kier alpha value is -1.86. The number of hydrogen-bond donors (Lipinski definition) is 1. The Morgan fingerprint density at radius 2 is 2.00 bits per heavy atom. The number of nitrogens with zero attached hydrogens (tertiary/aromatic N) is 3. The van der Waals surface area contributed by atoms with Crippen molar-refractivity contribution in [2.75, 3.05) is 19.8 Å². The zero-order chi connectivity index (χ0) is 18.2. The quantitative estimate of drug-likeness (QED) is 0.821. The molecule has 3 aliphatic heterocycles. The number of ether oxygens (including phenoxy) is 2. The van der Waals surface area contributed by atoms with Gasteiger partial charge >= 0.3 is 0 Å². The van der Waals surface area contributed by atoms with Crippen molar-refractivity contribution in [3.05, 3.63) is 34.4 Å². The average Bonchev–Trinajstić information content (AvgIpc) is 3.18. The highest BCUT2D eigenvalue weighted by molar-refractivity contribution is 7.71. The van der Waals surface area contributed by atoms with E-state index in [2.05, 4.69) is 27.4 Å². The van der Waals surface area contributed by atoms with Crippen molar-refractivity contribution >= 4 is 12.2 Å². The van der Waals surface area contributed by atoms with Crippen LogP contribution >= 0.6 is 12.2 Å². The second-order valence-corrected chi connectivity index (χ2v) is 8.19. The van der Waals surface area contributed by atoms with E-state index in [9.17, 15) is 0 Å². The van der Waals surface area contributed by atoms with Gasteiger partial charge < -0.3 is 18.9 Å². The number of aromatic nitrogens is 3. The van der Waals surface area contributed by atoms with Crippen LogP contribution in [-0.2, 0) is 19.6 Å². The van der Waals surface area contributed by atoms with Gasteiger partial charge in [0.1, 0.15) is 25.1 Å². The number of rotatable bonds is 3. The van der Waals surface area contributed by atoms with Gasteiger partial charge in [-0.3, -0.25) is 0 Å². The van der Waals surface area contributed by atoms with Crippen LogP contribution < -0.4 is 14.4 Å². The number of likely N-dealkylation sites (tertiary alicyclic amines) is 1. The summed E-state index contributed by atoms with van der Waals surface area (Å²) in [7, 11) is 0. The molecule has 1 saturated heterocycles. The summed E-state index contributed by atoms with van der Waals surface area (Å²) < 4.78 is 16.7. The van der Waals surface area contributed by atoms with Crippen LogP contribution in [0.25, 0.3) is 0 Å². The summed E-state index contributed by atoms with van der Waals surface area (Å²) in [6.07, 6.45) is 7.19. The van der Waals surface area contributed by atoms with E-state index >= 15 is 0 Å². The van der Waals surface area contributed by atoms with Gasteiger partial charge in [0, 0.05) is 31.4 Å². The third-order valence-corrected chi connectivity index (χ3v) is 6.52. The van der Waals surface area contributed by atoms with Gasteiger partial charge in [-0.1, -0.05) is 6.42 Å². The van der Waals surface area contributed by atoms with Crippen molar-refractivity contribution in [3.8, 4) is 11.5 Å². The van der Waals surface area contributed by atoms with Crippen LogP contribution in [-0.4, -0.2) is 34.1 Å². The molecule has 0 aliphatic carbocycles. The third kappa shape index (κ3) is 3.27. The summed E-state index contributed by atoms with van der Waals surface area (Å²) in [6.45, 7) is 4.29. The van der Waals surface area contributed by atoms with Crippen molar-refractivity contribution in [1.29, 1.82) is 0 Å². The maximum absolute atomic E-state index is 5.79. The first-order valence-electron chi connectivity index (χ1n) is 10.2. The van der Waals surface area contributed by atoms with E-state index in [1.165, 1.54) is 48.4 Å². The van der Waals surface area contributed by atoms with Crippen molar-refractivity contribution in [3.63, 3.8) is 0 Å². The van der Waals surface area contributed by atoms with Crippen molar-refractivity contribution in [1.82, 2.24) is 14.3 Å². The average molecular weight is 388 g/mol. The molecule has 144 valence electrons. The molecular weight excluding hydrogens is 360 g/mol. The van der Waals surface area contributed by atoms with Gasteiger partial charge in [0.15, 0.2) is 18.2 Å². The highest BCUT2D eigenvalue weighted by Gasteiger charge is 2.32. The summed E-state index contributed by atoms with van der Waals surface area (Å²) >= 11 is 5.76. The molecule has 1 N–H and O–H groups in total. The van der Waals surface area contributed by atoms with Gasteiger partial charge in [-0.2, -0.15) is 9.78 Å². The molecule has 1 unspecified atom stereocenters. The maximum Gasteiger partial charge on any atom is 0.202 e. The van der Waals surface area contributed by atoms with Gasteiger partial charge in [-0.05, 0) is 43.3 Å². The monoisotopic (exact) mass is 387 g/mol. The Labute approximate surface area is 164 Å². The van der Waals surface area contributed by atoms with E-state index in [1.54, 1.807) is 0 Å². The first kappa shape index (κ1) is 17.3. The maximum atomic E-state index is 5.79. The smallest absolute Gasteiger partial charge is 0.202 e. The minimum absolute atomic E-state index is 0.462. The predicted molar refractivity (Wildman–Crippen MR) is 104 cm³/mol. The zero-order valence-electron chi connectivity index (χ0n) is 15.7. The SMILES string of the molecule is S=c1n(C[NH+]2CCC[C@H]2c2ccc3c(c2)OCCO3)nc2n1CCCCC2. The lowest BCUT2D eigenvalue weighted by Crippen LogP contribution is -3.09. The Balaban J connectivity index is 1.38. The van der Waals surface area contributed by atoms with Gasteiger partial charge in [0.2, 0.25) is 4.77 Å². The van der Waals surface area contributed by atoms with Crippen LogP contribution in [0.5, 0.6) is 11.5 Å². The van der Waals surface area contributed by atoms with Gasteiger partial charge in [-0.25, -0.2) is 0 Å². The van der Waals surface area contributed by atoms with E-state index in [0.29, 0.717) is 19.3 Å². The lowest BCUT2D eigenvalue weighted by atomic mass is 10.0. The molecule has 1 aromatic heterocycles. The number of quaternary nitrogens is 1. The Bertz CT molecular complexity index is 891. The fourth-order valence-electron chi connectivity index (χ4n) is 4.70. The molecule has 0 bridgehead atoms. The number of aryl methyl sites for hydroxylation is 1. The molecule has 6 nitrogen and oxygen atoms in total. The summed E-state index contributed by atoms with van der Waals surface area (Å²) in [5.41, 5.74) is 1.33. The van der Waals surface area contributed by atoms with Gasteiger partial charge in [-0.15, -0.1) is 0 Å². The van der Waals surface area contributed by atoms with Crippen LogP contribution in [0.4, 0.5) is 0 Å². The van der Waals surface area contributed by atoms with Crippen LogP contribution in [0.15, 0.2) is 18.2 Å². The van der Waals surface area contributed by atoms with E-state index in [4.69, 9.17) is 26.8 Å². The lowest BCUT2D eigenvalue weighted by molar-refractivity contribution is -0.941. The molecule has 7 heteroatoms. The minimum atomic E-state index is 0.462. The summed E-state index contributed by atoms with van der Waals surface area (Å²) in [5, 5.41) is 4.88. The standard InChI is InChI=1S/C20H26N4O2S/c27-20-23-10-3-1-2-6-19(23)21-24(20)14-22-9-4-5-16(22)15-7-8-17-18(13-15)26-12-11-25-17/h7-8,13,16H,1-6,9-12,14H2/p+1/t16-/m0/s1. The zero-order valence-corrected chi connectivity index (χ0v) is 16.5. The molecule has 0 spiro atoms. The van der Waals surface area contributed by atoms with Gasteiger partial charge in [0.05, 0.1) is 6.54 Å². The number of hydrogen-bond acceptors (Lipinski definition) is 4.